The van der Waals surface area contributed by atoms with Gasteiger partial charge in [0.2, 0.25) is 0 Å². The zero-order chi connectivity index (χ0) is 10.9. The molecule has 0 saturated carbocycles. The largest absolute Gasteiger partial charge is 0.298 e. The molecule has 0 aliphatic rings. The third-order valence-corrected chi connectivity index (χ3v) is 2.22. The van der Waals surface area contributed by atoms with Crippen molar-refractivity contribution in [2.45, 2.75) is 0 Å². The predicted octanol–water partition coefficient (Wildman–Crippen LogP) is 2.06. The van der Waals surface area contributed by atoms with E-state index in [4.69, 9.17) is 11.6 Å². The first-order valence-electron chi connectivity index (χ1n) is 4.08. The van der Waals surface area contributed by atoms with Crippen LogP contribution in [-0.4, -0.2) is 50.0 Å². The van der Waals surface area contributed by atoms with Gasteiger partial charge in [0.1, 0.15) is 10.7 Å². The molecular formula is C9H12ClN2O2Sn+. The van der Waals surface area contributed by atoms with Crippen LogP contribution in [0, 0.1) is 10.1 Å². The van der Waals surface area contributed by atoms with E-state index in [2.05, 4.69) is 0 Å². The zero-order valence-corrected chi connectivity index (χ0v) is 12.4. The molecule has 1 aromatic rings. The minimum atomic E-state index is -0.471. The molecule has 4 nitrogen and oxygen atoms in total. The summed E-state index contributed by atoms with van der Waals surface area (Å²) in [5, 5.41) is 10.8. The van der Waals surface area contributed by atoms with Crippen LogP contribution in [0.4, 0.5) is 11.4 Å². The standard InChI is InChI=1S/C9H12ClN2O2.Sn/c1-12(2,3)7-4-5-8(10)9(6-7)11(13)14;/h4-6H,1-3H3;/q+1;. The zero-order valence-electron chi connectivity index (χ0n) is 8.82. The summed E-state index contributed by atoms with van der Waals surface area (Å²) >= 11 is 5.69. The Bertz CT molecular complexity index is 377. The molecule has 0 fully saturated rings. The summed E-state index contributed by atoms with van der Waals surface area (Å²) in [6.07, 6.45) is 0. The van der Waals surface area contributed by atoms with Gasteiger partial charge in [0.05, 0.1) is 32.1 Å². The first kappa shape index (κ1) is 14.7. The second-order valence-corrected chi connectivity index (χ2v) is 4.31. The molecule has 0 aliphatic heterocycles. The van der Waals surface area contributed by atoms with Gasteiger partial charge in [0.15, 0.2) is 0 Å². The topological polar surface area (TPSA) is 43.1 Å². The molecule has 0 bridgehead atoms. The summed E-state index contributed by atoms with van der Waals surface area (Å²) in [5.74, 6) is 0. The SMILES string of the molecule is C[N+](C)(C)c1ccc(Cl)c([N+](=O)[O-])c1.[Sn]. The average molecular weight is 334 g/mol. The van der Waals surface area contributed by atoms with Crippen molar-refractivity contribution >= 4 is 46.9 Å². The third kappa shape index (κ3) is 3.62. The van der Waals surface area contributed by atoms with Gasteiger partial charge in [-0.1, -0.05) is 11.6 Å². The number of halogens is 1. The fourth-order valence-electron chi connectivity index (χ4n) is 1.06. The molecule has 0 spiro atoms. The smallest absolute Gasteiger partial charge is 0.293 e. The monoisotopic (exact) mass is 335 g/mol. The molecule has 1 aromatic carbocycles. The van der Waals surface area contributed by atoms with E-state index in [0.717, 1.165) is 5.69 Å². The molecule has 0 aliphatic carbocycles. The maximum Gasteiger partial charge on any atom is 0.293 e. The Hall–Kier alpha value is -0.331. The van der Waals surface area contributed by atoms with Crippen molar-refractivity contribution in [2.75, 3.05) is 21.1 Å². The maximum atomic E-state index is 10.6. The van der Waals surface area contributed by atoms with Crippen molar-refractivity contribution < 1.29 is 4.92 Å². The number of quaternary nitrogens is 1. The second kappa shape index (κ2) is 5.14. The molecular weight excluding hydrogens is 322 g/mol. The summed E-state index contributed by atoms with van der Waals surface area (Å²) < 4.78 is 0.526. The molecule has 0 heterocycles. The summed E-state index contributed by atoms with van der Waals surface area (Å²) in [6, 6.07) is 4.84. The van der Waals surface area contributed by atoms with Gasteiger partial charge in [0, 0.05) is 30.0 Å². The fraction of sp³-hybridized carbons (Fsp3) is 0.333. The van der Waals surface area contributed by atoms with Crippen LogP contribution < -0.4 is 4.48 Å². The summed E-state index contributed by atoms with van der Waals surface area (Å²) in [7, 11) is 5.81. The van der Waals surface area contributed by atoms with Crippen LogP contribution in [0.15, 0.2) is 18.2 Å². The van der Waals surface area contributed by atoms with Gasteiger partial charge in [0.25, 0.3) is 5.69 Å². The van der Waals surface area contributed by atoms with Gasteiger partial charge < -0.3 is 0 Å². The Morgan fingerprint density at radius 2 is 1.87 bits per heavy atom. The van der Waals surface area contributed by atoms with Gasteiger partial charge in [-0.05, 0) is 6.07 Å². The number of benzene rings is 1. The predicted molar refractivity (Wildman–Crippen MR) is 63.4 cm³/mol. The molecule has 6 heteroatoms. The Kier molecular flexibility index (Phi) is 5.02. The van der Waals surface area contributed by atoms with Gasteiger partial charge >= 0.3 is 0 Å². The van der Waals surface area contributed by atoms with E-state index in [1.54, 1.807) is 12.1 Å². The third-order valence-electron chi connectivity index (χ3n) is 1.90. The summed E-state index contributed by atoms with van der Waals surface area (Å²) in [6.45, 7) is 0. The van der Waals surface area contributed by atoms with Crippen molar-refractivity contribution in [2.24, 2.45) is 0 Å². The molecule has 0 N–H and O–H groups in total. The van der Waals surface area contributed by atoms with Crippen LogP contribution in [0.2, 0.25) is 5.02 Å². The van der Waals surface area contributed by atoms with Gasteiger partial charge in [-0.3, -0.25) is 14.6 Å². The number of nitrogens with zero attached hydrogens (tertiary/aromatic N) is 2. The molecule has 0 amide bonds. The molecule has 15 heavy (non-hydrogen) atoms. The van der Waals surface area contributed by atoms with E-state index >= 15 is 0 Å². The summed E-state index contributed by atoms with van der Waals surface area (Å²) in [5.41, 5.74) is 0.804. The van der Waals surface area contributed by atoms with Crippen LogP contribution in [0.3, 0.4) is 0 Å². The second-order valence-electron chi connectivity index (χ2n) is 3.91. The molecule has 0 saturated heterocycles. The van der Waals surface area contributed by atoms with Crippen molar-refractivity contribution in [3.05, 3.63) is 33.3 Å². The van der Waals surface area contributed by atoms with Gasteiger partial charge in [-0.25, -0.2) is 0 Å². The fourth-order valence-corrected chi connectivity index (χ4v) is 1.24. The van der Waals surface area contributed by atoms with Crippen molar-refractivity contribution in [1.29, 1.82) is 0 Å². The number of rotatable bonds is 2. The van der Waals surface area contributed by atoms with Crippen LogP contribution in [0.25, 0.3) is 0 Å². The van der Waals surface area contributed by atoms with Crippen molar-refractivity contribution in [1.82, 2.24) is 4.48 Å². The van der Waals surface area contributed by atoms with Crippen LogP contribution in [0.5, 0.6) is 0 Å². The molecule has 1 rings (SSSR count). The number of hydrogen-bond acceptors (Lipinski definition) is 2. The normalized spacial score (nSPS) is 10.7. The molecule has 0 aromatic heterocycles. The molecule has 0 unspecified atom stereocenters. The van der Waals surface area contributed by atoms with Crippen molar-refractivity contribution in [3.8, 4) is 0 Å². The van der Waals surface area contributed by atoms with Gasteiger partial charge in [-0.2, -0.15) is 0 Å². The minimum Gasteiger partial charge on any atom is -0.298 e. The first-order chi connectivity index (χ1) is 6.32. The van der Waals surface area contributed by atoms with E-state index in [9.17, 15) is 10.1 Å². The number of nitro groups is 1. The summed E-state index contributed by atoms with van der Waals surface area (Å²) in [4.78, 5) is 10.1. The Morgan fingerprint density at radius 1 is 1.33 bits per heavy atom. The van der Waals surface area contributed by atoms with E-state index < -0.39 is 4.92 Å². The first-order valence-corrected chi connectivity index (χ1v) is 4.46. The van der Waals surface area contributed by atoms with Crippen LogP contribution in [-0.2, 0) is 0 Å². The maximum absolute atomic E-state index is 10.6. The Morgan fingerprint density at radius 3 is 2.27 bits per heavy atom. The van der Waals surface area contributed by atoms with Gasteiger partial charge in [-0.15, -0.1) is 0 Å². The average Bonchev–Trinajstić information content (AvgIpc) is 2.02. The molecule has 0 atom stereocenters. The van der Waals surface area contributed by atoms with Crippen LogP contribution >= 0.6 is 11.6 Å². The van der Waals surface area contributed by atoms with E-state index in [1.807, 2.05) is 21.1 Å². The van der Waals surface area contributed by atoms with E-state index in [-0.39, 0.29) is 34.6 Å². The quantitative estimate of drug-likeness (QED) is 0.360. The van der Waals surface area contributed by atoms with E-state index in [0.29, 0.717) is 4.48 Å². The number of nitro benzene ring substituents is 1. The Labute approximate surface area is 111 Å². The number of hydrogen-bond donors (Lipinski definition) is 0. The van der Waals surface area contributed by atoms with E-state index in [1.165, 1.54) is 6.07 Å². The van der Waals surface area contributed by atoms with Crippen LogP contribution in [0.1, 0.15) is 0 Å². The molecule has 4 radical (unpaired) electrons. The molecule has 80 valence electrons. The van der Waals surface area contributed by atoms with Crippen molar-refractivity contribution in [3.63, 3.8) is 0 Å². The Balaban J connectivity index is 0.00000196. The minimum absolute atomic E-state index is 0.